The number of fused-ring (bicyclic) bond motifs is 6. The van der Waals surface area contributed by atoms with Crippen molar-refractivity contribution in [2.24, 2.45) is 27.0 Å². The maximum atomic E-state index is 12.0. The Labute approximate surface area is 304 Å². The molecule has 5 nitrogen and oxygen atoms in total. The summed E-state index contributed by atoms with van der Waals surface area (Å²) in [5, 5.41) is 19.7. The number of nitrogens with zero attached hydrogens (tertiary/aromatic N) is 1. The van der Waals surface area contributed by atoms with Crippen LogP contribution in [0.3, 0.4) is 0 Å². The van der Waals surface area contributed by atoms with Crippen LogP contribution in [0.2, 0.25) is 0 Å². The van der Waals surface area contributed by atoms with E-state index in [1.54, 1.807) is 0 Å². The van der Waals surface area contributed by atoms with Crippen LogP contribution < -0.4 is 0 Å². The molecule has 0 spiro atoms. The fourth-order valence-electron chi connectivity index (χ4n) is 10.3. The van der Waals surface area contributed by atoms with Gasteiger partial charge in [-0.15, -0.1) is 0 Å². The van der Waals surface area contributed by atoms with Gasteiger partial charge in [-0.25, -0.2) is 0 Å². The van der Waals surface area contributed by atoms with E-state index in [1.807, 2.05) is 13.8 Å². The van der Waals surface area contributed by atoms with E-state index in [1.165, 1.54) is 37.9 Å². The summed E-state index contributed by atoms with van der Waals surface area (Å²) in [6, 6.07) is 11.6. The normalized spacial score (nSPS) is 31.8. The number of carboxylic acids is 2. The number of benzene rings is 2. The minimum absolute atomic E-state index is 0.0169. The van der Waals surface area contributed by atoms with Crippen LogP contribution in [0.5, 0.6) is 0 Å². The van der Waals surface area contributed by atoms with Crippen LogP contribution in [0, 0.1) is 22.7 Å². The summed E-state index contributed by atoms with van der Waals surface area (Å²) in [5.41, 5.74) is 7.31. The average Bonchev–Trinajstić information content (AvgIpc) is 3.01. The molecule has 2 unspecified atom stereocenters. The summed E-state index contributed by atoms with van der Waals surface area (Å²) < 4.78 is 3.87. The second-order valence-corrected chi connectivity index (χ2v) is 17.6. The van der Waals surface area contributed by atoms with Gasteiger partial charge in [0.2, 0.25) is 0 Å². The van der Waals surface area contributed by atoms with E-state index in [0.717, 1.165) is 64.2 Å². The first kappa shape index (κ1) is 38.9. The molecule has 0 aliphatic heterocycles. The SMILES string of the molecule is CC(C)c1cc2c(cc1Br)[C@@]1(C)CCC[C@@](C)(C(=O)O)C1CC2.CC(C)c1ccc2c(c1)CCC1[C@](C)(C(=O)O)CCC[C@]21C.[B]=NS. The molecule has 2 N–H and O–H groups in total. The van der Waals surface area contributed by atoms with Gasteiger partial charge in [0.05, 0.1) is 10.8 Å². The van der Waals surface area contributed by atoms with Gasteiger partial charge < -0.3 is 10.2 Å². The number of hydrogen-bond acceptors (Lipinski definition) is 4. The van der Waals surface area contributed by atoms with Crippen molar-refractivity contribution in [2.45, 2.75) is 142 Å². The summed E-state index contributed by atoms with van der Waals surface area (Å²) in [6.07, 6.45) is 9.89. The summed E-state index contributed by atoms with van der Waals surface area (Å²) in [6.45, 7) is 17.5. The molecule has 4 aliphatic carbocycles. The van der Waals surface area contributed by atoms with Crippen LogP contribution in [0.1, 0.15) is 152 Å². The van der Waals surface area contributed by atoms with E-state index in [2.05, 4.69) is 113 Å². The molecule has 1 radical (unpaired) electrons. The zero-order chi connectivity index (χ0) is 35.8. The van der Waals surface area contributed by atoms with Crippen molar-refractivity contribution in [1.29, 1.82) is 0 Å². The molecule has 6 rings (SSSR count). The molecule has 0 heterocycles. The second-order valence-electron chi connectivity index (χ2n) is 16.5. The van der Waals surface area contributed by atoms with Crippen molar-refractivity contribution >= 4 is 48.3 Å². The van der Waals surface area contributed by atoms with Gasteiger partial charge in [-0.3, -0.25) is 9.59 Å². The summed E-state index contributed by atoms with van der Waals surface area (Å²) in [4.78, 5) is 23.9. The van der Waals surface area contributed by atoms with Gasteiger partial charge in [-0.2, -0.15) is 0 Å². The van der Waals surface area contributed by atoms with Crippen LogP contribution in [0.25, 0.3) is 0 Å². The van der Waals surface area contributed by atoms with Gasteiger partial charge in [0.1, 0.15) is 0 Å². The Hall–Kier alpha value is -1.93. The van der Waals surface area contributed by atoms with E-state index >= 15 is 0 Å². The van der Waals surface area contributed by atoms with Crippen molar-refractivity contribution in [1.82, 2.24) is 0 Å². The van der Waals surface area contributed by atoms with Crippen molar-refractivity contribution in [3.63, 3.8) is 0 Å². The number of hydrogen-bond donors (Lipinski definition) is 3. The Morgan fingerprint density at radius 1 is 0.792 bits per heavy atom. The first-order valence-electron chi connectivity index (χ1n) is 17.9. The molecule has 6 atom stereocenters. The molecule has 2 saturated carbocycles. The Bertz CT molecular complexity index is 1550. The predicted molar refractivity (Wildman–Crippen MR) is 203 cm³/mol. The van der Waals surface area contributed by atoms with Crippen molar-refractivity contribution in [3.8, 4) is 0 Å². The van der Waals surface area contributed by atoms with Crippen LogP contribution in [0.4, 0.5) is 0 Å². The molecule has 0 saturated heterocycles. The van der Waals surface area contributed by atoms with Gasteiger partial charge in [0.15, 0.2) is 0 Å². The minimum atomic E-state index is -0.616. The standard InChI is InChI=1S/C20H27BrO2.C20H28O2.BHNS/c1-12(2)14-10-13-6-7-17-19(3,15(13)11-16(14)21)8-5-9-20(17,4)18(22)23;1-13(2)14-6-8-16-15(12-14)7-9-17-19(16,3)10-5-11-20(17,4)18(21)22;1-2-3/h10-12,17H,5-9H2,1-4H3,(H,22,23);6,8,12-13,17H,5,7,9-11H2,1-4H3,(H,21,22);3H/t2*17?,19-,20-;/m11./s1. The third-order valence-electron chi connectivity index (χ3n) is 13.1. The summed E-state index contributed by atoms with van der Waals surface area (Å²) in [5.74, 6) is 0.303. The number of halogens is 1. The molecule has 48 heavy (non-hydrogen) atoms. The fourth-order valence-corrected chi connectivity index (χ4v) is 11.1. The molecule has 261 valence electrons. The first-order chi connectivity index (χ1) is 22.4. The summed E-state index contributed by atoms with van der Waals surface area (Å²) in [7, 11) is 4.34. The van der Waals surface area contributed by atoms with Gasteiger partial charge in [0.25, 0.3) is 0 Å². The van der Waals surface area contributed by atoms with Gasteiger partial charge in [-0.1, -0.05) is 94.6 Å². The van der Waals surface area contributed by atoms with E-state index in [0.29, 0.717) is 11.8 Å². The Morgan fingerprint density at radius 3 is 1.69 bits per heavy atom. The Balaban J connectivity index is 0.000000201. The quantitative estimate of drug-likeness (QED) is 0.215. The predicted octanol–water partition coefficient (Wildman–Crippen LogP) is 10.8. The number of aliphatic carboxylic acids is 2. The number of thiol groups is 1. The molecule has 2 aromatic rings. The van der Waals surface area contributed by atoms with Crippen molar-refractivity contribution < 1.29 is 19.8 Å². The first-order valence-corrected chi connectivity index (χ1v) is 19.1. The molecule has 4 aliphatic rings. The third kappa shape index (κ3) is 6.87. The van der Waals surface area contributed by atoms with Crippen LogP contribution in [-0.2, 0) is 33.3 Å². The summed E-state index contributed by atoms with van der Waals surface area (Å²) >= 11 is 6.95. The van der Waals surface area contributed by atoms with E-state index in [9.17, 15) is 19.8 Å². The molecule has 2 fully saturated rings. The molecule has 0 bridgehead atoms. The molecular formula is C40H56BBrNO4S. The number of carbonyl (C=O) groups is 2. The maximum absolute atomic E-state index is 12.0. The van der Waals surface area contributed by atoms with Crippen molar-refractivity contribution in [3.05, 3.63) is 68.2 Å². The average molecular weight is 738 g/mol. The molecule has 2 aromatic carbocycles. The molecular weight excluding hydrogens is 681 g/mol. The monoisotopic (exact) mass is 736 g/mol. The van der Waals surface area contributed by atoms with Gasteiger partial charge >= 0.3 is 36.7 Å². The van der Waals surface area contributed by atoms with Gasteiger partial charge in [0, 0.05) is 4.47 Å². The van der Waals surface area contributed by atoms with E-state index in [-0.39, 0.29) is 22.7 Å². The molecule has 8 heteroatoms. The second kappa shape index (κ2) is 14.7. The Morgan fingerprint density at radius 2 is 1.25 bits per heavy atom. The van der Waals surface area contributed by atoms with E-state index < -0.39 is 22.8 Å². The number of carboxylic acid groups (broad SMARTS) is 2. The molecule has 0 amide bonds. The van der Waals surface area contributed by atoms with Gasteiger partial charge in [-0.05, 0) is 139 Å². The number of aryl methyl sites for hydroxylation is 2. The Kier molecular flexibility index (Phi) is 11.9. The molecule has 0 aromatic heterocycles. The van der Waals surface area contributed by atoms with Crippen LogP contribution in [0.15, 0.2) is 39.1 Å². The van der Waals surface area contributed by atoms with E-state index in [4.69, 9.17) is 0 Å². The van der Waals surface area contributed by atoms with Crippen LogP contribution >= 0.6 is 28.7 Å². The van der Waals surface area contributed by atoms with Crippen molar-refractivity contribution in [2.75, 3.05) is 0 Å². The topological polar surface area (TPSA) is 87.0 Å². The zero-order valence-electron chi connectivity index (χ0n) is 30.3. The fraction of sp³-hybridized carbons (Fsp3) is 0.650. The third-order valence-corrected chi connectivity index (χ3v) is 13.8. The number of rotatable bonds is 4. The van der Waals surface area contributed by atoms with Crippen LogP contribution in [-0.4, -0.2) is 29.8 Å². The zero-order valence-corrected chi connectivity index (χ0v) is 32.8.